The van der Waals surface area contributed by atoms with Crippen molar-refractivity contribution < 1.29 is 13.2 Å². The lowest BCUT2D eigenvalue weighted by Crippen LogP contribution is -2.25. The van der Waals surface area contributed by atoms with Crippen LogP contribution in [0.1, 0.15) is 15.2 Å². The number of sulfonamides is 1. The van der Waals surface area contributed by atoms with E-state index >= 15 is 0 Å². The van der Waals surface area contributed by atoms with Crippen molar-refractivity contribution in [3.05, 3.63) is 46.2 Å². The summed E-state index contributed by atoms with van der Waals surface area (Å²) in [4.78, 5) is 17.6. The van der Waals surface area contributed by atoms with Crippen LogP contribution in [0.15, 0.2) is 35.7 Å². The van der Waals surface area contributed by atoms with Gasteiger partial charge in [-0.05, 0) is 36.1 Å². The molecule has 0 bridgehead atoms. The van der Waals surface area contributed by atoms with Crippen LogP contribution in [-0.4, -0.2) is 32.1 Å². The molecule has 2 N–H and O–H groups in total. The van der Waals surface area contributed by atoms with E-state index in [1.165, 1.54) is 16.2 Å². The first-order chi connectivity index (χ1) is 11.4. The Morgan fingerprint density at radius 3 is 2.83 bits per heavy atom. The summed E-state index contributed by atoms with van der Waals surface area (Å²) in [5.74, 6) is -0.153. The Bertz CT molecular complexity index is 962. The van der Waals surface area contributed by atoms with Gasteiger partial charge in [-0.2, -0.15) is 0 Å². The number of nitrogens with one attached hydrogen (secondary N) is 2. The SMILES string of the molecule is CS(=O)(=O)Nc1nc2ccc(C(=O)NCCc3cccs3)cc2s1. The van der Waals surface area contributed by atoms with Gasteiger partial charge in [0.1, 0.15) is 0 Å². The van der Waals surface area contributed by atoms with Gasteiger partial charge in [0.25, 0.3) is 5.91 Å². The molecule has 9 heteroatoms. The Hall–Kier alpha value is -1.97. The first kappa shape index (κ1) is 16.9. The Kier molecular flexibility index (Phi) is 4.83. The predicted octanol–water partition coefficient (Wildman–Crippen LogP) is 2.70. The maximum absolute atomic E-state index is 12.2. The number of rotatable bonds is 6. The maximum atomic E-state index is 12.2. The number of hydrogen-bond donors (Lipinski definition) is 2. The highest BCUT2D eigenvalue weighted by molar-refractivity contribution is 7.92. The number of carbonyl (C=O) groups excluding carboxylic acids is 1. The molecule has 1 amide bonds. The topological polar surface area (TPSA) is 88.2 Å². The highest BCUT2D eigenvalue weighted by Gasteiger charge is 2.11. The van der Waals surface area contributed by atoms with Crippen LogP contribution in [0, 0.1) is 0 Å². The van der Waals surface area contributed by atoms with Crippen LogP contribution in [0.3, 0.4) is 0 Å². The molecule has 24 heavy (non-hydrogen) atoms. The van der Waals surface area contributed by atoms with Crippen LogP contribution in [0.25, 0.3) is 10.2 Å². The number of nitrogens with zero attached hydrogens (tertiary/aromatic N) is 1. The monoisotopic (exact) mass is 381 g/mol. The van der Waals surface area contributed by atoms with Crippen LogP contribution in [0.4, 0.5) is 5.13 Å². The summed E-state index contributed by atoms with van der Waals surface area (Å²) in [6.45, 7) is 0.570. The third kappa shape index (κ3) is 4.31. The lowest BCUT2D eigenvalue weighted by atomic mass is 10.2. The quantitative estimate of drug-likeness (QED) is 0.687. The molecule has 0 aliphatic carbocycles. The van der Waals surface area contributed by atoms with Crippen molar-refractivity contribution in [2.45, 2.75) is 6.42 Å². The molecule has 0 saturated carbocycles. The van der Waals surface area contributed by atoms with Crippen LogP contribution < -0.4 is 10.0 Å². The molecule has 0 aliphatic rings. The average Bonchev–Trinajstić information content (AvgIpc) is 3.13. The Labute approximate surface area is 147 Å². The molecule has 0 saturated heterocycles. The molecule has 126 valence electrons. The summed E-state index contributed by atoms with van der Waals surface area (Å²) in [6.07, 6.45) is 1.88. The minimum atomic E-state index is -3.37. The van der Waals surface area contributed by atoms with Crippen molar-refractivity contribution >= 4 is 54.0 Å². The van der Waals surface area contributed by atoms with Crippen LogP contribution in [0.5, 0.6) is 0 Å². The number of hydrogen-bond acceptors (Lipinski definition) is 6. The zero-order valence-electron chi connectivity index (χ0n) is 12.8. The number of aromatic nitrogens is 1. The minimum Gasteiger partial charge on any atom is -0.352 e. The molecule has 0 radical (unpaired) electrons. The smallest absolute Gasteiger partial charge is 0.251 e. The van der Waals surface area contributed by atoms with Crippen LogP contribution in [-0.2, 0) is 16.4 Å². The van der Waals surface area contributed by atoms with Crippen molar-refractivity contribution in [1.82, 2.24) is 10.3 Å². The second-order valence-electron chi connectivity index (χ2n) is 5.16. The molecule has 3 rings (SSSR count). The van der Waals surface area contributed by atoms with Crippen LogP contribution >= 0.6 is 22.7 Å². The summed E-state index contributed by atoms with van der Waals surface area (Å²) in [5.41, 5.74) is 1.18. The van der Waals surface area contributed by atoms with E-state index in [0.29, 0.717) is 22.8 Å². The molecule has 1 aromatic carbocycles. The molecule has 0 aliphatic heterocycles. The molecule has 0 fully saturated rings. The Morgan fingerprint density at radius 2 is 2.12 bits per heavy atom. The van der Waals surface area contributed by atoms with Gasteiger partial charge < -0.3 is 5.32 Å². The van der Waals surface area contributed by atoms with Gasteiger partial charge in [-0.25, -0.2) is 13.4 Å². The lowest BCUT2D eigenvalue weighted by molar-refractivity contribution is 0.0954. The fourth-order valence-corrected chi connectivity index (χ4v) is 4.57. The van der Waals surface area contributed by atoms with E-state index < -0.39 is 10.0 Å². The molecule has 6 nitrogen and oxygen atoms in total. The zero-order chi connectivity index (χ0) is 17.2. The zero-order valence-corrected chi connectivity index (χ0v) is 15.2. The van der Waals surface area contributed by atoms with E-state index in [4.69, 9.17) is 0 Å². The molecule has 2 heterocycles. The van der Waals surface area contributed by atoms with Gasteiger partial charge in [0.15, 0.2) is 5.13 Å². The highest BCUT2D eigenvalue weighted by atomic mass is 32.2. The van der Waals surface area contributed by atoms with Crippen molar-refractivity contribution in [2.75, 3.05) is 17.5 Å². The molecule has 2 aromatic heterocycles. The summed E-state index contributed by atoms with van der Waals surface area (Å²) in [5, 5.41) is 5.19. The fraction of sp³-hybridized carbons (Fsp3) is 0.200. The second kappa shape index (κ2) is 6.88. The molecule has 3 aromatic rings. The van der Waals surface area contributed by atoms with Gasteiger partial charge in [0.2, 0.25) is 10.0 Å². The molecule has 0 unspecified atom stereocenters. The standard InChI is InChI=1S/C15H15N3O3S3/c1-24(20,21)18-15-17-12-5-4-10(9-13(12)23-15)14(19)16-7-6-11-3-2-8-22-11/h2-5,8-9H,6-7H2,1H3,(H,16,19)(H,17,18). The van der Waals surface area contributed by atoms with Gasteiger partial charge in [-0.1, -0.05) is 17.4 Å². The molecular weight excluding hydrogens is 366 g/mol. The first-order valence-corrected chi connectivity index (χ1v) is 10.7. The summed E-state index contributed by atoms with van der Waals surface area (Å²) < 4.78 is 25.6. The summed E-state index contributed by atoms with van der Waals surface area (Å²) >= 11 is 2.86. The average molecular weight is 382 g/mol. The van der Waals surface area contributed by atoms with E-state index in [2.05, 4.69) is 15.0 Å². The summed E-state index contributed by atoms with van der Waals surface area (Å²) in [7, 11) is -3.37. The van der Waals surface area contributed by atoms with Gasteiger partial charge >= 0.3 is 0 Å². The van der Waals surface area contributed by atoms with Gasteiger partial charge in [-0.3, -0.25) is 9.52 Å². The number of fused-ring (bicyclic) bond motifs is 1. The number of carbonyl (C=O) groups is 1. The third-order valence-electron chi connectivity index (χ3n) is 3.16. The second-order valence-corrected chi connectivity index (χ2v) is 8.97. The Balaban J connectivity index is 1.69. The summed E-state index contributed by atoms with van der Waals surface area (Å²) in [6, 6.07) is 9.15. The number of benzene rings is 1. The molecule has 0 atom stereocenters. The van der Waals surface area contributed by atoms with Crippen molar-refractivity contribution in [3.63, 3.8) is 0 Å². The van der Waals surface area contributed by atoms with Crippen LogP contribution in [0.2, 0.25) is 0 Å². The van der Waals surface area contributed by atoms with E-state index in [1.54, 1.807) is 29.5 Å². The maximum Gasteiger partial charge on any atom is 0.251 e. The van der Waals surface area contributed by atoms with Crippen molar-refractivity contribution in [3.8, 4) is 0 Å². The largest absolute Gasteiger partial charge is 0.352 e. The molecular formula is C15H15N3O3S3. The predicted molar refractivity (Wildman–Crippen MR) is 98.4 cm³/mol. The normalized spacial score (nSPS) is 11.5. The fourth-order valence-electron chi connectivity index (χ4n) is 2.12. The molecule has 0 spiro atoms. The van der Waals surface area contributed by atoms with Gasteiger partial charge in [0, 0.05) is 17.0 Å². The van der Waals surface area contributed by atoms with E-state index in [-0.39, 0.29) is 5.91 Å². The highest BCUT2D eigenvalue weighted by Crippen LogP contribution is 2.27. The van der Waals surface area contributed by atoms with E-state index in [9.17, 15) is 13.2 Å². The lowest BCUT2D eigenvalue weighted by Gasteiger charge is -2.04. The number of anilines is 1. The number of thiazole rings is 1. The van der Waals surface area contributed by atoms with Crippen molar-refractivity contribution in [2.24, 2.45) is 0 Å². The van der Waals surface area contributed by atoms with Gasteiger partial charge in [-0.15, -0.1) is 11.3 Å². The van der Waals surface area contributed by atoms with E-state index in [0.717, 1.165) is 17.4 Å². The van der Waals surface area contributed by atoms with Crippen molar-refractivity contribution in [1.29, 1.82) is 0 Å². The Morgan fingerprint density at radius 1 is 1.29 bits per heavy atom. The van der Waals surface area contributed by atoms with E-state index in [1.807, 2.05) is 17.5 Å². The number of amides is 1. The first-order valence-electron chi connectivity index (χ1n) is 7.10. The van der Waals surface area contributed by atoms with Gasteiger partial charge in [0.05, 0.1) is 16.5 Å². The minimum absolute atomic E-state index is 0.153. The number of thiophene rings is 1. The third-order valence-corrected chi connectivity index (χ3v) is 5.72.